The van der Waals surface area contributed by atoms with Gasteiger partial charge in [0.25, 0.3) is 0 Å². The fraction of sp³-hybridized carbons (Fsp3) is 0.455. The van der Waals surface area contributed by atoms with Crippen LogP contribution in [0.3, 0.4) is 0 Å². The number of hydrogen-bond donors (Lipinski definition) is 3. The van der Waals surface area contributed by atoms with Crippen LogP contribution < -0.4 is 16.0 Å². The van der Waals surface area contributed by atoms with Crippen LogP contribution in [0.5, 0.6) is 0 Å². The molecule has 6 heteroatoms. The number of hydrogen-bond acceptors (Lipinski definition) is 4. The second-order valence-electron chi connectivity index (χ2n) is 3.66. The van der Waals surface area contributed by atoms with Crippen molar-refractivity contribution in [2.45, 2.75) is 26.4 Å². The van der Waals surface area contributed by atoms with Crippen molar-refractivity contribution < 1.29 is 9.59 Å². The van der Waals surface area contributed by atoms with Gasteiger partial charge in [0.2, 0.25) is 11.8 Å². The van der Waals surface area contributed by atoms with Crippen LogP contribution in [-0.2, 0) is 16.1 Å². The van der Waals surface area contributed by atoms with Crippen LogP contribution in [-0.4, -0.2) is 24.9 Å². The van der Waals surface area contributed by atoms with Crippen LogP contribution in [0.25, 0.3) is 0 Å². The molecule has 1 aromatic rings. The van der Waals surface area contributed by atoms with E-state index in [4.69, 9.17) is 0 Å². The number of likely N-dealkylation sites (N-methyl/N-ethyl adjacent to an activating group) is 1. The van der Waals surface area contributed by atoms with Crippen molar-refractivity contribution in [3.63, 3.8) is 0 Å². The zero-order chi connectivity index (χ0) is 12.8. The van der Waals surface area contributed by atoms with Crippen molar-refractivity contribution in [1.29, 1.82) is 0 Å². The summed E-state index contributed by atoms with van der Waals surface area (Å²) >= 11 is 1.54. The summed E-state index contributed by atoms with van der Waals surface area (Å²) in [5.41, 5.74) is 0.805. The summed E-state index contributed by atoms with van der Waals surface area (Å²) in [5.74, 6) is -0.147. The lowest BCUT2D eigenvalue weighted by atomic mass is 10.3. The Hall–Kier alpha value is -1.40. The molecular weight excluding hydrogens is 238 g/mol. The Balaban J connectivity index is 2.54. The third-order valence-electron chi connectivity index (χ3n) is 2.26. The highest BCUT2D eigenvalue weighted by Gasteiger charge is 2.12. The Morgan fingerprint density at radius 1 is 1.47 bits per heavy atom. The number of amides is 2. The van der Waals surface area contributed by atoms with E-state index in [-0.39, 0.29) is 17.9 Å². The lowest BCUT2D eigenvalue weighted by Crippen LogP contribution is -2.40. The molecule has 0 aliphatic heterocycles. The van der Waals surface area contributed by atoms with Crippen molar-refractivity contribution >= 4 is 28.8 Å². The minimum absolute atomic E-state index is 0.0531. The Bertz CT molecular complexity index is 403. The topological polar surface area (TPSA) is 70.2 Å². The highest BCUT2D eigenvalue weighted by molar-refractivity contribution is 7.10. The van der Waals surface area contributed by atoms with Crippen LogP contribution >= 0.6 is 11.3 Å². The van der Waals surface area contributed by atoms with Gasteiger partial charge in [-0.3, -0.25) is 9.59 Å². The van der Waals surface area contributed by atoms with Crippen LogP contribution in [0, 0.1) is 0 Å². The number of nitrogens with one attached hydrogen (secondary N) is 3. The SMILES string of the molecule is CNC(=O)C(C)NCc1sccc1NC(C)=O. The maximum atomic E-state index is 11.3. The molecule has 94 valence electrons. The van der Waals surface area contributed by atoms with Crippen LogP contribution in [0.1, 0.15) is 18.7 Å². The average molecular weight is 255 g/mol. The molecule has 0 bridgehead atoms. The van der Waals surface area contributed by atoms with E-state index in [0.717, 1.165) is 10.6 Å². The molecule has 17 heavy (non-hydrogen) atoms. The summed E-state index contributed by atoms with van der Waals surface area (Å²) in [6.07, 6.45) is 0. The predicted octanol–water partition coefficient (Wildman–Crippen LogP) is 0.931. The summed E-state index contributed by atoms with van der Waals surface area (Å²) in [6, 6.07) is 1.60. The first-order valence-corrected chi connectivity index (χ1v) is 6.21. The quantitative estimate of drug-likeness (QED) is 0.733. The highest BCUT2D eigenvalue weighted by Crippen LogP contribution is 2.22. The Morgan fingerprint density at radius 2 is 2.18 bits per heavy atom. The predicted molar refractivity (Wildman–Crippen MR) is 69.0 cm³/mol. The second-order valence-corrected chi connectivity index (χ2v) is 4.66. The Labute approximate surface area is 105 Å². The van der Waals surface area contributed by atoms with E-state index < -0.39 is 0 Å². The van der Waals surface area contributed by atoms with Gasteiger partial charge in [-0.1, -0.05) is 0 Å². The maximum absolute atomic E-state index is 11.3. The lowest BCUT2D eigenvalue weighted by Gasteiger charge is -2.12. The largest absolute Gasteiger partial charge is 0.358 e. The number of anilines is 1. The third-order valence-corrected chi connectivity index (χ3v) is 3.19. The van der Waals surface area contributed by atoms with Gasteiger partial charge in [0.15, 0.2) is 0 Å². The molecule has 0 saturated heterocycles. The molecule has 1 aromatic heterocycles. The molecule has 1 rings (SSSR count). The van der Waals surface area contributed by atoms with E-state index >= 15 is 0 Å². The molecule has 2 amide bonds. The highest BCUT2D eigenvalue weighted by atomic mass is 32.1. The zero-order valence-electron chi connectivity index (χ0n) is 10.2. The molecule has 0 aliphatic rings. The average Bonchev–Trinajstić information content (AvgIpc) is 2.71. The fourth-order valence-corrected chi connectivity index (χ4v) is 2.11. The second kappa shape index (κ2) is 6.36. The summed E-state index contributed by atoms with van der Waals surface area (Å²) < 4.78 is 0. The number of rotatable bonds is 5. The van der Waals surface area contributed by atoms with E-state index in [1.807, 2.05) is 11.4 Å². The lowest BCUT2D eigenvalue weighted by molar-refractivity contribution is -0.122. The molecule has 0 fully saturated rings. The molecule has 1 heterocycles. The van der Waals surface area contributed by atoms with Crippen molar-refractivity contribution in [3.8, 4) is 0 Å². The molecule has 0 spiro atoms. The van der Waals surface area contributed by atoms with Crippen molar-refractivity contribution in [3.05, 3.63) is 16.3 Å². The first kappa shape index (κ1) is 13.7. The van der Waals surface area contributed by atoms with Crippen LogP contribution in [0.15, 0.2) is 11.4 Å². The number of carbonyl (C=O) groups is 2. The monoisotopic (exact) mass is 255 g/mol. The molecule has 0 saturated carbocycles. The summed E-state index contributed by atoms with van der Waals surface area (Å²) in [7, 11) is 1.61. The van der Waals surface area contributed by atoms with Crippen molar-refractivity contribution in [2.75, 3.05) is 12.4 Å². The standard InChI is InChI=1S/C11H17N3O2S/c1-7(11(16)12-3)13-6-10-9(4-5-17-10)14-8(2)15/h4-5,7,13H,6H2,1-3H3,(H,12,16)(H,14,15). The minimum Gasteiger partial charge on any atom is -0.358 e. The molecular formula is C11H17N3O2S. The first-order valence-electron chi connectivity index (χ1n) is 5.33. The van der Waals surface area contributed by atoms with Crippen LogP contribution in [0.2, 0.25) is 0 Å². The van der Waals surface area contributed by atoms with Gasteiger partial charge in [0.05, 0.1) is 11.7 Å². The summed E-state index contributed by atoms with van der Waals surface area (Å²) in [5, 5.41) is 10.3. The number of carbonyl (C=O) groups excluding carboxylic acids is 2. The molecule has 3 N–H and O–H groups in total. The fourth-order valence-electron chi connectivity index (χ4n) is 1.33. The van der Waals surface area contributed by atoms with E-state index in [1.54, 1.807) is 25.3 Å². The zero-order valence-corrected chi connectivity index (χ0v) is 11.0. The molecule has 5 nitrogen and oxygen atoms in total. The molecule has 1 atom stereocenters. The van der Waals surface area contributed by atoms with Crippen LogP contribution in [0.4, 0.5) is 5.69 Å². The van der Waals surface area contributed by atoms with E-state index in [9.17, 15) is 9.59 Å². The van der Waals surface area contributed by atoms with Gasteiger partial charge >= 0.3 is 0 Å². The van der Waals surface area contributed by atoms with E-state index in [0.29, 0.717) is 6.54 Å². The number of thiophene rings is 1. The summed E-state index contributed by atoms with van der Waals surface area (Å²) in [4.78, 5) is 23.3. The van der Waals surface area contributed by atoms with Gasteiger partial charge in [-0.2, -0.15) is 0 Å². The first-order chi connectivity index (χ1) is 8.04. The smallest absolute Gasteiger partial charge is 0.236 e. The van der Waals surface area contributed by atoms with Gasteiger partial charge < -0.3 is 16.0 Å². The van der Waals surface area contributed by atoms with Gasteiger partial charge in [0, 0.05) is 25.4 Å². The van der Waals surface area contributed by atoms with Crippen molar-refractivity contribution in [1.82, 2.24) is 10.6 Å². The van der Waals surface area contributed by atoms with Gasteiger partial charge in [-0.05, 0) is 18.4 Å². The normalized spacial score (nSPS) is 11.9. The maximum Gasteiger partial charge on any atom is 0.236 e. The third kappa shape index (κ3) is 4.16. The van der Waals surface area contributed by atoms with Gasteiger partial charge in [0.1, 0.15) is 0 Å². The van der Waals surface area contributed by atoms with Gasteiger partial charge in [-0.15, -0.1) is 11.3 Å². The molecule has 0 radical (unpaired) electrons. The van der Waals surface area contributed by atoms with E-state index in [1.165, 1.54) is 6.92 Å². The molecule has 1 unspecified atom stereocenters. The minimum atomic E-state index is -0.257. The van der Waals surface area contributed by atoms with Gasteiger partial charge in [-0.25, -0.2) is 0 Å². The molecule has 0 aliphatic carbocycles. The van der Waals surface area contributed by atoms with E-state index in [2.05, 4.69) is 16.0 Å². The Morgan fingerprint density at radius 3 is 2.76 bits per heavy atom. The summed E-state index contributed by atoms with van der Waals surface area (Å²) in [6.45, 7) is 3.83. The Kier molecular flexibility index (Phi) is 5.11. The van der Waals surface area contributed by atoms with Crippen molar-refractivity contribution in [2.24, 2.45) is 0 Å². The molecule has 0 aromatic carbocycles.